The molecule has 0 saturated carbocycles. The van der Waals surface area contributed by atoms with Crippen LogP contribution in [0.4, 0.5) is 0 Å². The first kappa shape index (κ1) is 50.2. The minimum atomic E-state index is -1.59. The van der Waals surface area contributed by atoms with E-state index in [1.165, 1.54) is 96.3 Å². The van der Waals surface area contributed by atoms with Crippen LogP contribution in [-0.4, -0.2) is 89.0 Å². The van der Waals surface area contributed by atoms with E-state index in [0.717, 1.165) is 57.8 Å². The zero-order valence-corrected chi connectivity index (χ0v) is 34.2. The summed E-state index contributed by atoms with van der Waals surface area (Å²) in [6, 6.07) is 0. The first-order chi connectivity index (χ1) is 26.3. The minimum absolute atomic E-state index is 0.215. The van der Waals surface area contributed by atoms with Gasteiger partial charge in [-0.05, 0) is 38.5 Å². The van der Waals surface area contributed by atoms with Gasteiger partial charge in [0.05, 0.1) is 13.2 Å². The van der Waals surface area contributed by atoms with Crippen LogP contribution >= 0.6 is 0 Å². The molecular weight excluding hydrogens is 688 g/mol. The van der Waals surface area contributed by atoms with Crippen molar-refractivity contribution >= 4 is 11.9 Å². The molecule has 1 aliphatic heterocycles. The molecule has 0 bridgehead atoms. The van der Waals surface area contributed by atoms with E-state index in [2.05, 4.69) is 38.2 Å². The van der Waals surface area contributed by atoms with E-state index < -0.39 is 49.4 Å². The van der Waals surface area contributed by atoms with Crippen LogP contribution < -0.4 is 0 Å². The normalized spacial score (nSPS) is 20.9. The number of rotatable bonds is 36. The van der Waals surface area contributed by atoms with Gasteiger partial charge < -0.3 is 39.4 Å². The molecule has 0 aromatic rings. The largest absolute Gasteiger partial charge is 0.462 e. The molecule has 54 heavy (non-hydrogen) atoms. The molecule has 0 aromatic carbocycles. The van der Waals surface area contributed by atoms with Gasteiger partial charge in [-0.1, -0.05) is 160 Å². The molecule has 10 nitrogen and oxygen atoms in total. The van der Waals surface area contributed by atoms with Crippen molar-refractivity contribution in [1.29, 1.82) is 0 Å². The predicted molar refractivity (Wildman–Crippen MR) is 215 cm³/mol. The van der Waals surface area contributed by atoms with Crippen LogP contribution in [-0.2, 0) is 28.5 Å². The Bertz CT molecular complexity index is 938. The number of hydrogen-bond acceptors (Lipinski definition) is 10. The summed E-state index contributed by atoms with van der Waals surface area (Å²) in [6.45, 7) is 3.39. The second-order valence-electron chi connectivity index (χ2n) is 15.2. The molecule has 2 unspecified atom stereocenters. The lowest BCUT2D eigenvalue weighted by Gasteiger charge is -2.39. The van der Waals surface area contributed by atoms with Crippen LogP contribution in [0.3, 0.4) is 0 Å². The second kappa shape index (κ2) is 35.6. The Morgan fingerprint density at radius 2 is 1.02 bits per heavy atom. The van der Waals surface area contributed by atoms with Crippen LogP contribution in [0.1, 0.15) is 187 Å². The monoisotopic (exact) mass is 769 g/mol. The van der Waals surface area contributed by atoms with Crippen LogP contribution in [0, 0.1) is 0 Å². The number of carbonyl (C=O) groups is 2. The predicted octanol–water partition coefficient (Wildman–Crippen LogP) is 8.94. The van der Waals surface area contributed by atoms with Gasteiger partial charge in [-0.25, -0.2) is 0 Å². The fraction of sp³-hybridized carbons (Fsp3) is 0.864. The van der Waals surface area contributed by atoms with Gasteiger partial charge >= 0.3 is 11.9 Å². The van der Waals surface area contributed by atoms with E-state index in [1.807, 2.05) is 0 Å². The average Bonchev–Trinajstić information content (AvgIpc) is 3.17. The molecule has 4 N–H and O–H groups in total. The highest BCUT2D eigenvalue weighted by atomic mass is 16.7. The zero-order chi connectivity index (χ0) is 39.5. The number of esters is 2. The van der Waals surface area contributed by atoms with Gasteiger partial charge in [0.2, 0.25) is 0 Å². The molecule has 1 aliphatic rings. The Morgan fingerprint density at radius 3 is 1.52 bits per heavy atom. The molecule has 10 heteroatoms. The Kier molecular flexibility index (Phi) is 33.1. The van der Waals surface area contributed by atoms with E-state index in [0.29, 0.717) is 6.42 Å². The number of ether oxygens (including phenoxy) is 4. The number of allylic oxidation sites excluding steroid dienone is 4. The van der Waals surface area contributed by atoms with Crippen LogP contribution in [0.25, 0.3) is 0 Å². The molecule has 1 fully saturated rings. The molecular formula is C44H80O10. The van der Waals surface area contributed by atoms with Crippen molar-refractivity contribution in [3.05, 3.63) is 24.3 Å². The lowest BCUT2D eigenvalue weighted by molar-refractivity contribution is -0.305. The fourth-order valence-electron chi connectivity index (χ4n) is 6.59. The SMILES string of the molecule is CCCCCC/C=C/C=C/CCCCCCCC(=O)O[C@@H](COC(=O)CCCCCCCCCCCCCCCC)CO[C@H]1O[C@@H](CO)[C@@H](O)C(O)C1O. The molecule has 6 atom stereocenters. The summed E-state index contributed by atoms with van der Waals surface area (Å²) in [5, 5.41) is 40.0. The lowest BCUT2D eigenvalue weighted by atomic mass is 9.99. The first-order valence-corrected chi connectivity index (χ1v) is 21.9. The third kappa shape index (κ3) is 26.9. The highest BCUT2D eigenvalue weighted by molar-refractivity contribution is 5.70. The highest BCUT2D eigenvalue weighted by Crippen LogP contribution is 2.22. The van der Waals surface area contributed by atoms with Crippen molar-refractivity contribution in [2.75, 3.05) is 19.8 Å². The molecule has 0 amide bonds. The van der Waals surface area contributed by atoms with Crippen molar-refractivity contribution in [3.63, 3.8) is 0 Å². The molecule has 1 heterocycles. The van der Waals surface area contributed by atoms with E-state index in [4.69, 9.17) is 18.9 Å². The molecule has 0 aromatic heterocycles. The van der Waals surface area contributed by atoms with E-state index in [-0.39, 0.29) is 32.0 Å². The van der Waals surface area contributed by atoms with Crippen LogP contribution in [0.15, 0.2) is 24.3 Å². The number of aliphatic hydroxyl groups is 4. The summed E-state index contributed by atoms with van der Waals surface area (Å²) in [4.78, 5) is 25.3. The maximum Gasteiger partial charge on any atom is 0.306 e. The minimum Gasteiger partial charge on any atom is -0.462 e. The summed E-state index contributed by atoms with van der Waals surface area (Å²) >= 11 is 0. The summed E-state index contributed by atoms with van der Waals surface area (Å²) in [5.41, 5.74) is 0. The van der Waals surface area contributed by atoms with Gasteiger partial charge in [0, 0.05) is 12.8 Å². The van der Waals surface area contributed by atoms with Gasteiger partial charge in [-0.3, -0.25) is 9.59 Å². The van der Waals surface area contributed by atoms with Gasteiger partial charge in [-0.2, -0.15) is 0 Å². The molecule has 1 rings (SSSR count). The van der Waals surface area contributed by atoms with E-state index in [1.54, 1.807) is 0 Å². The third-order valence-corrected chi connectivity index (χ3v) is 10.1. The number of hydrogen-bond donors (Lipinski definition) is 4. The van der Waals surface area contributed by atoms with Gasteiger partial charge in [-0.15, -0.1) is 0 Å². The average molecular weight is 769 g/mol. The first-order valence-electron chi connectivity index (χ1n) is 21.9. The van der Waals surface area contributed by atoms with Crippen LogP contribution in [0.2, 0.25) is 0 Å². The fourth-order valence-corrected chi connectivity index (χ4v) is 6.59. The third-order valence-electron chi connectivity index (χ3n) is 10.1. The molecule has 1 saturated heterocycles. The number of carbonyl (C=O) groups excluding carboxylic acids is 2. The smallest absolute Gasteiger partial charge is 0.306 e. The second-order valence-corrected chi connectivity index (χ2v) is 15.2. The highest BCUT2D eigenvalue weighted by Gasteiger charge is 2.44. The summed E-state index contributed by atoms with van der Waals surface area (Å²) in [5.74, 6) is -0.819. The zero-order valence-electron chi connectivity index (χ0n) is 34.2. The Hall–Kier alpha value is -1.82. The van der Waals surface area contributed by atoms with Crippen molar-refractivity contribution in [3.8, 4) is 0 Å². The lowest BCUT2D eigenvalue weighted by Crippen LogP contribution is -2.59. The van der Waals surface area contributed by atoms with Gasteiger partial charge in [0.1, 0.15) is 31.0 Å². The van der Waals surface area contributed by atoms with Gasteiger partial charge in [0.15, 0.2) is 12.4 Å². The maximum atomic E-state index is 12.7. The summed E-state index contributed by atoms with van der Waals surface area (Å²) in [7, 11) is 0. The van der Waals surface area contributed by atoms with Crippen molar-refractivity contribution < 1.29 is 49.0 Å². The Morgan fingerprint density at radius 1 is 0.574 bits per heavy atom. The number of aliphatic hydroxyl groups excluding tert-OH is 4. The Labute approximate surface area is 328 Å². The molecule has 0 radical (unpaired) electrons. The topological polar surface area (TPSA) is 152 Å². The maximum absolute atomic E-state index is 12.7. The Balaban J connectivity index is 2.35. The molecule has 0 aliphatic carbocycles. The van der Waals surface area contributed by atoms with Crippen molar-refractivity contribution in [2.45, 2.75) is 224 Å². The summed E-state index contributed by atoms with van der Waals surface area (Å²) in [6.07, 6.45) is 30.3. The quantitative estimate of drug-likeness (QED) is 0.0276. The standard InChI is InChI=1S/C44H80O10/c1-3-5-7-9-11-13-15-17-19-21-23-25-27-29-31-33-40(47)53-37(36-52-44-43(50)42(49)41(48)38(34-45)54-44)35-51-39(46)32-30-28-26-24-22-20-18-16-14-12-10-8-6-4-2/h13,15,17,19,37-38,41-45,48-50H,3-12,14,16,18,20-36H2,1-2H3/b15-13+,19-17+/t37-,38-,41+,42?,43?,44-/m0/s1. The van der Waals surface area contributed by atoms with Gasteiger partial charge in [0.25, 0.3) is 0 Å². The molecule has 0 spiro atoms. The summed E-state index contributed by atoms with van der Waals surface area (Å²) < 4.78 is 22.1. The van der Waals surface area contributed by atoms with E-state index >= 15 is 0 Å². The van der Waals surface area contributed by atoms with Crippen molar-refractivity contribution in [2.24, 2.45) is 0 Å². The molecule has 316 valence electrons. The number of unbranched alkanes of at least 4 members (excludes halogenated alkanes) is 22. The van der Waals surface area contributed by atoms with Crippen molar-refractivity contribution in [1.82, 2.24) is 0 Å². The van der Waals surface area contributed by atoms with E-state index in [9.17, 15) is 30.0 Å². The van der Waals surface area contributed by atoms with Crippen LogP contribution in [0.5, 0.6) is 0 Å².